The van der Waals surface area contributed by atoms with Crippen molar-refractivity contribution in [1.82, 2.24) is 4.98 Å². The molecule has 4 heteroatoms. The van der Waals surface area contributed by atoms with Gasteiger partial charge in [-0.25, -0.2) is 0 Å². The van der Waals surface area contributed by atoms with Crippen molar-refractivity contribution in [1.29, 1.82) is 0 Å². The molecule has 1 aliphatic rings. The number of hydrogen-bond acceptors (Lipinski definition) is 4. The molecule has 1 atom stereocenters. The van der Waals surface area contributed by atoms with E-state index in [9.17, 15) is 0 Å². The minimum atomic E-state index is 0.354. The minimum absolute atomic E-state index is 0.354. The Kier molecular flexibility index (Phi) is 2.72. The molecule has 0 saturated carbocycles. The zero-order valence-electron chi connectivity index (χ0n) is 8.69. The van der Waals surface area contributed by atoms with Gasteiger partial charge < -0.3 is 14.1 Å². The van der Waals surface area contributed by atoms with E-state index in [1.165, 1.54) is 0 Å². The van der Waals surface area contributed by atoms with Crippen LogP contribution in [0.3, 0.4) is 0 Å². The van der Waals surface area contributed by atoms with Crippen molar-refractivity contribution in [3.8, 4) is 0 Å². The molecule has 0 spiro atoms. The maximum Gasteiger partial charge on any atom is 0.297 e. The zero-order chi connectivity index (χ0) is 9.97. The second-order valence-corrected chi connectivity index (χ2v) is 3.59. The van der Waals surface area contributed by atoms with Crippen LogP contribution in [0.15, 0.2) is 10.7 Å². The van der Waals surface area contributed by atoms with E-state index >= 15 is 0 Å². The predicted molar refractivity (Wildman–Crippen MR) is 53.5 cm³/mol. The van der Waals surface area contributed by atoms with Gasteiger partial charge in [0.15, 0.2) is 0 Å². The van der Waals surface area contributed by atoms with Gasteiger partial charge in [0.05, 0.1) is 24.9 Å². The molecule has 1 aromatic rings. The highest BCUT2D eigenvalue weighted by Crippen LogP contribution is 2.18. The molecular weight excluding hydrogens is 180 g/mol. The molecule has 1 aromatic heterocycles. The normalized spacial score (nSPS) is 22.7. The van der Waals surface area contributed by atoms with Crippen molar-refractivity contribution in [2.75, 3.05) is 24.7 Å². The minimum Gasteiger partial charge on any atom is -0.432 e. The first-order valence-electron chi connectivity index (χ1n) is 5.10. The summed E-state index contributed by atoms with van der Waals surface area (Å²) in [7, 11) is 0. The van der Waals surface area contributed by atoms with Crippen LogP contribution in [0.2, 0.25) is 0 Å². The second-order valence-electron chi connectivity index (χ2n) is 3.59. The van der Waals surface area contributed by atoms with Gasteiger partial charge in [-0.05, 0) is 13.3 Å². The Morgan fingerprint density at radius 2 is 2.50 bits per heavy atom. The average Bonchev–Trinajstić information content (AvgIpc) is 2.67. The van der Waals surface area contributed by atoms with Crippen LogP contribution in [0.1, 0.15) is 19.5 Å². The monoisotopic (exact) mass is 196 g/mol. The van der Waals surface area contributed by atoms with Crippen molar-refractivity contribution in [2.45, 2.75) is 26.3 Å². The van der Waals surface area contributed by atoms with E-state index in [0.29, 0.717) is 6.04 Å². The molecule has 1 saturated heterocycles. The van der Waals surface area contributed by atoms with Gasteiger partial charge >= 0.3 is 0 Å². The molecular formula is C10H16N2O2. The quantitative estimate of drug-likeness (QED) is 0.717. The highest BCUT2D eigenvalue weighted by Gasteiger charge is 2.22. The van der Waals surface area contributed by atoms with Gasteiger partial charge in [0.2, 0.25) is 0 Å². The smallest absolute Gasteiger partial charge is 0.297 e. The number of morpholine rings is 1. The number of nitrogens with zero attached hydrogens (tertiary/aromatic N) is 2. The largest absolute Gasteiger partial charge is 0.432 e. The average molecular weight is 196 g/mol. The predicted octanol–water partition coefficient (Wildman–Crippen LogP) is 1.46. The van der Waals surface area contributed by atoms with Crippen LogP contribution in [-0.2, 0) is 11.2 Å². The molecule has 0 aliphatic carbocycles. The van der Waals surface area contributed by atoms with Gasteiger partial charge in [0, 0.05) is 6.54 Å². The van der Waals surface area contributed by atoms with E-state index in [-0.39, 0.29) is 0 Å². The van der Waals surface area contributed by atoms with E-state index in [1.807, 2.05) is 0 Å². The van der Waals surface area contributed by atoms with E-state index in [1.54, 1.807) is 6.26 Å². The summed E-state index contributed by atoms with van der Waals surface area (Å²) in [5.41, 5.74) is 1.01. The highest BCUT2D eigenvalue weighted by atomic mass is 16.5. The number of ether oxygens (including phenoxy) is 1. The summed E-state index contributed by atoms with van der Waals surface area (Å²) in [6, 6.07) is 1.09. The first-order valence-corrected chi connectivity index (χ1v) is 5.10. The lowest BCUT2D eigenvalue weighted by Crippen LogP contribution is -2.43. The number of oxazole rings is 1. The number of hydrogen-bond donors (Lipinski definition) is 0. The highest BCUT2D eigenvalue weighted by molar-refractivity contribution is 5.29. The molecule has 0 unspecified atom stereocenters. The molecule has 1 aliphatic heterocycles. The molecule has 0 aromatic carbocycles. The molecule has 1 fully saturated rings. The molecule has 4 nitrogen and oxygen atoms in total. The number of aryl methyl sites for hydroxylation is 1. The Morgan fingerprint density at radius 1 is 1.64 bits per heavy atom. The Bertz CT molecular complexity index is 298. The molecule has 0 N–H and O–H groups in total. The van der Waals surface area contributed by atoms with Gasteiger partial charge in [-0.2, -0.15) is 4.98 Å². The fourth-order valence-electron chi connectivity index (χ4n) is 1.60. The Morgan fingerprint density at radius 3 is 3.14 bits per heavy atom. The summed E-state index contributed by atoms with van der Waals surface area (Å²) >= 11 is 0. The standard InChI is InChI=1S/C10H16N2O2/c1-3-9-7-14-10(11-9)12-4-5-13-6-8(12)2/h7-8H,3-6H2,1-2H3/t8-/m1/s1. The van der Waals surface area contributed by atoms with Gasteiger partial charge in [0.25, 0.3) is 6.01 Å². The fourth-order valence-corrected chi connectivity index (χ4v) is 1.60. The van der Waals surface area contributed by atoms with Crippen LogP contribution in [0, 0.1) is 0 Å². The summed E-state index contributed by atoms with van der Waals surface area (Å²) in [5, 5.41) is 0. The molecule has 0 amide bonds. The van der Waals surface area contributed by atoms with Crippen molar-refractivity contribution in [2.24, 2.45) is 0 Å². The summed E-state index contributed by atoms with van der Waals surface area (Å²) in [5.74, 6) is 0. The van der Waals surface area contributed by atoms with Gasteiger partial charge in [-0.3, -0.25) is 0 Å². The Labute approximate surface area is 83.9 Å². The number of aromatic nitrogens is 1. The van der Waals surface area contributed by atoms with E-state index in [4.69, 9.17) is 9.15 Å². The van der Waals surface area contributed by atoms with Crippen molar-refractivity contribution in [3.63, 3.8) is 0 Å². The lowest BCUT2D eigenvalue weighted by atomic mass is 10.3. The fraction of sp³-hybridized carbons (Fsp3) is 0.700. The lowest BCUT2D eigenvalue weighted by molar-refractivity contribution is 0.0961. The van der Waals surface area contributed by atoms with Crippen molar-refractivity contribution >= 4 is 6.01 Å². The molecule has 14 heavy (non-hydrogen) atoms. The Balaban J connectivity index is 2.12. The van der Waals surface area contributed by atoms with Gasteiger partial charge in [-0.15, -0.1) is 0 Å². The topological polar surface area (TPSA) is 38.5 Å². The summed E-state index contributed by atoms with van der Waals surface area (Å²) < 4.78 is 10.8. The summed E-state index contributed by atoms with van der Waals surface area (Å²) in [4.78, 5) is 6.56. The Hall–Kier alpha value is -1.03. The molecule has 0 radical (unpaired) electrons. The van der Waals surface area contributed by atoms with Crippen LogP contribution in [0.5, 0.6) is 0 Å². The van der Waals surface area contributed by atoms with E-state index < -0.39 is 0 Å². The molecule has 78 valence electrons. The maximum absolute atomic E-state index is 5.42. The summed E-state index contributed by atoms with van der Waals surface area (Å²) in [6.45, 7) is 6.57. The van der Waals surface area contributed by atoms with Crippen LogP contribution in [0.25, 0.3) is 0 Å². The third kappa shape index (κ3) is 1.75. The molecule has 2 heterocycles. The zero-order valence-corrected chi connectivity index (χ0v) is 8.69. The molecule has 2 rings (SSSR count). The maximum atomic E-state index is 5.42. The molecule has 0 bridgehead atoms. The van der Waals surface area contributed by atoms with Crippen LogP contribution < -0.4 is 4.90 Å². The van der Waals surface area contributed by atoms with Gasteiger partial charge in [-0.1, -0.05) is 6.92 Å². The van der Waals surface area contributed by atoms with E-state index in [0.717, 1.165) is 37.9 Å². The summed E-state index contributed by atoms with van der Waals surface area (Å²) in [6.07, 6.45) is 2.65. The number of rotatable bonds is 2. The number of anilines is 1. The third-order valence-corrected chi connectivity index (χ3v) is 2.52. The third-order valence-electron chi connectivity index (χ3n) is 2.52. The van der Waals surface area contributed by atoms with Crippen molar-refractivity contribution in [3.05, 3.63) is 12.0 Å². The van der Waals surface area contributed by atoms with Gasteiger partial charge in [0.1, 0.15) is 6.26 Å². The van der Waals surface area contributed by atoms with Crippen LogP contribution in [0.4, 0.5) is 6.01 Å². The van der Waals surface area contributed by atoms with E-state index in [2.05, 4.69) is 23.7 Å². The van der Waals surface area contributed by atoms with Crippen molar-refractivity contribution < 1.29 is 9.15 Å². The SMILES string of the molecule is CCc1coc(N2CCOC[C@H]2C)n1. The van der Waals surface area contributed by atoms with Crippen LogP contribution >= 0.6 is 0 Å². The first-order chi connectivity index (χ1) is 6.81. The van der Waals surface area contributed by atoms with Crippen LogP contribution in [-0.4, -0.2) is 30.8 Å². The second kappa shape index (κ2) is 4.00. The first kappa shape index (κ1) is 9.52. The lowest BCUT2D eigenvalue weighted by Gasteiger charge is -2.31.